The highest BCUT2D eigenvalue weighted by molar-refractivity contribution is 5.92. The fourth-order valence-corrected chi connectivity index (χ4v) is 8.84. The van der Waals surface area contributed by atoms with Crippen LogP contribution in [0.1, 0.15) is 89.0 Å². The number of fused-ring (bicyclic) bond motifs is 5. The molecular weight excluding hydrogens is 387 g/mol. The minimum Gasteiger partial charge on any atom is -0.348 e. The SMILES string of the molecule is C[C@H]1CC[C@@H]2C3CC[C@@]4(C)C(CCC4[C@H](C)NC(=O)c4ccc(F)cn4)[C@@H]3CC[C@@H]2C1. The van der Waals surface area contributed by atoms with Gasteiger partial charge in [0.05, 0.1) is 6.20 Å². The lowest BCUT2D eigenvalue weighted by Gasteiger charge is -2.56. The first-order valence-electron chi connectivity index (χ1n) is 12.8. The zero-order chi connectivity index (χ0) is 21.8. The maximum absolute atomic E-state index is 13.2. The molecule has 170 valence electrons. The van der Waals surface area contributed by atoms with Crippen LogP contribution in [0, 0.1) is 52.7 Å². The van der Waals surface area contributed by atoms with Gasteiger partial charge in [0.2, 0.25) is 0 Å². The Hall–Kier alpha value is -1.45. The summed E-state index contributed by atoms with van der Waals surface area (Å²) in [5, 5.41) is 3.21. The van der Waals surface area contributed by atoms with Gasteiger partial charge in [-0.25, -0.2) is 9.37 Å². The van der Waals surface area contributed by atoms with Crippen molar-refractivity contribution in [1.82, 2.24) is 10.3 Å². The number of pyridine rings is 1. The van der Waals surface area contributed by atoms with Crippen molar-refractivity contribution in [2.24, 2.45) is 46.8 Å². The smallest absolute Gasteiger partial charge is 0.270 e. The molecule has 0 aromatic carbocycles. The molecule has 4 fully saturated rings. The number of nitrogens with one attached hydrogen (secondary N) is 1. The highest BCUT2D eigenvalue weighted by Crippen LogP contribution is 2.64. The van der Waals surface area contributed by atoms with Crippen LogP contribution in [0.25, 0.3) is 0 Å². The molecule has 3 unspecified atom stereocenters. The maximum atomic E-state index is 13.2. The van der Waals surface area contributed by atoms with E-state index in [1.807, 2.05) is 0 Å². The fourth-order valence-electron chi connectivity index (χ4n) is 8.84. The number of hydrogen-bond donors (Lipinski definition) is 1. The number of aromatic nitrogens is 1. The molecule has 1 aromatic heterocycles. The molecular formula is C27H39FN2O. The van der Waals surface area contributed by atoms with Gasteiger partial charge in [0.15, 0.2) is 0 Å². The summed E-state index contributed by atoms with van der Waals surface area (Å²) in [6.45, 7) is 7.16. The first kappa shape index (κ1) is 21.4. The quantitative estimate of drug-likeness (QED) is 0.621. The lowest BCUT2D eigenvalue weighted by Crippen LogP contribution is -2.51. The van der Waals surface area contributed by atoms with E-state index in [1.165, 1.54) is 69.9 Å². The van der Waals surface area contributed by atoms with E-state index >= 15 is 0 Å². The molecule has 0 bridgehead atoms. The van der Waals surface area contributed by atoms with Gasteiger partial charge >= 0.3 is 0 Å². The van der Waals surface area contributed by atoms with Gasteiger partial charge in [-0.05, 0) is 117 Å². The number of nitrogens with zero attached hydrogens (tertiary/aromatic N) is 1. The van der Waals surface area contributed by atoms with Crippen LogP contribution < -0.4 is 5.32 Å². The van der Waals surface area contributed by atoms with Gasteiger partial charge in [-0.3, -0.25) is 4.79 Å². The largest absolute Gasteiger partial charge is 0.348 e. The van der Waals surface area contributed by atoms with Crippen LogP contribution in [0.3, 0.4) is 0 Å². The summed E-state index contributed by atoms with van der Waals surface area (Å²) in [6.07, 6.45) is 13.6. The molecule has 0 aliphatic heterocycles. The average molecular weight is 427 g/mol. The minimum absolute atomic E-state index is 0.123. The van der Waals surface area contributed by atoms with Gasteiger partial charge < -0.3 is 5.32 Å². The Kier molecular flexibility index (Phi) is 5.63. The van der Waals surface area contributed by atoms with Crippen molar-refractivity contribution < 1.29 is 9.18 Å². The Labute approximate surface area is 187 Å². The third kappa shape index (κ3) is 3.72. The van der Waals surface area contributed by atoms with Gasteiger partial charge in [0.1, 0.15) is 11.5 Å². The highest BCUT2D eigenvalue weighted by atomic mass is 19.1. The molecule has 1 aromatic rings. The summed E-state index contributed by atoms with van der Waals surface area (Å²) >= 11 is 0. The number of halogens is 1. The Balaban J connectivity index is 1.28. The van der Waals surface area contributed by atoms with E-state index in [1.54, 1.807) is 0 Å². The third-order valence-corrected chi connectivity index (χ3v) is 10.2. The number of amides is 1. The van der Waals surface area contributed by atoms with E-state index in [2.05, 4.69) is 31.1 Å². The number of hydrogen-bond acceptors (Lipinski definition) is 2. The summed E-state index contributed by atoms with van der Waals surface area (Å²) in [6, 6.07) is 2.91. The van der Waals surface area contributed by atoms with E-state index in [0.717, 1.165) is 41.7 Å². The molecule has 0 spiro atoms. The molecule has 4 aliphatic rings. The lowest BCUT2D eigenvalue weighted by atomic mass is 9.49. The molecule has 4 aliphatic carbocycles. The van der Waals surface area contributed by atoms with E-state index < -0.39 is 5.82 Å². The molecule has 4 saturated carbocycles. The number of carbonyl (C=O) groups excluding carboxylic acids is 1. The Morgan fingerprint density at radius 3 is 2.68 bits per heavy atom. The molecule has 0 saturated heterocycles. The van der Waals surface area contributed by atoms with Gasteiger partial charge in [0, 0.05) is 6.04 Å². The zero-order valence-corrected chi connectivity index (χ0v) is 19.4. The molecule has 1 heterocycles. The second-order valence-electron chi connectivity index (χ2n) is 11.7. The van der Waals surface area contributed by atoms with E-state index in [9.17, 15) is 9.18 Å². The fraction of sp³-hybridized carbons (Fsp3) is 0.778. The van der Waals surface area contributed by atoms with Crippen molar-refractivity contribution in [1.29, 1.82) is 0 Å². The summed E-state index contributed by atoms with van der Waals surface area (Å²) in [7, 11) is 0. The lowest BCUT2D eigenvalue weighted by molar-refractivity contribution is -0.0698. The average Bonchev–Trinajstić information content (AvgIpc) is 3.11. The Bertz CT molecular complexity index is 810. The van der Waals surface area contributed by atoms with Crippen molar-refractivity contribution in [3.63, 3.8) is 0 Å². The van der Waals surface area contributed by atoms with Gasteiger partial charge in [-0.2, -0.15) is 0 Å². The third-order valence-electron chi connectivity index (χ3n) is 10.2. The summed E-state index contributed by atoms with van der Waals surface area (Å²) < 4.78 is 13.2. The first-order chi connectivity index (χ1) is 14.9. The van der Waals surface area contributed by atoms with Crippen LogP contribution in [0.15, 0.2) is 18.3 Å². The number of rotatable bonds is 3. The highest BCUT2D eigenvalue weighted by Gasteiger charge is 2.57. The normalized spacial score (nSPS) is 42.8. The molecule has 1 amide bonds. The van der Waals surface area contributed by atoms with Crippen LogP contribution in [0.5, 0.6) is 0 Å². The summed E-state index contributed by atoms with van der Waals surface area (Å²) in [4.78, 5) is 16.7. The molecule has 31 heavy (non-hydrogen) atoms. The van der Waals surface area contributed by atoms with E-state index in [0.29, 0.717) is 17.0 Å². The van der Waals surface area contributed by atoms with Crippen molar-refractivity contribution in [2.45, 2.75) is 84.6 Å². The van der Waals surface area contributed by atoms with Crippen LogP contribution in [-0.4, -0.2) is 16.9 Å². The zero-order valence-electron chi connectivity index (χ0n) is 19.4. The van der Waals surface area contributed by atoms with Crippen LogP contribution >= 0.6 is 0 Å². The van der Waals surface area contributed by atoms with Crippen molar-refractivity contribution >= 4 is 5.91 Å². The summed E-state index contributed by atoms with van der Waals surface area (Å²) in [5.41, 5.74) is 0.639. The van der Waals surface area contributed by atoms with Crippen molar-refractivity contribution in [3.8, 4) is 0 Å². The van der Waals surface area contributed by atoms with Crippen LogP contribution in [0.4, 0.5) is 4.39 Å². The predicted molar refractivity (Wildman–Crippen MR) is 121 cm³/mol. The van der Waals surface area contributed by atoms with Crippen molar-refractivity contribution in [2.75, 3.05) is 0 Å². The van der Waals surface area contributed by atoms with Gasteiger partial charge in [-0.15, -0.1) is 0 Å². The molecule has 0 radical (unpaired) electrons. The van der Waals surface area contributed by atoms with Crippen LogP contribution in [0.2, 0.25) is 0 Å². The van der Waals surface area contributed by atoms with Gasteiger partial charge in [0.25, 0.3) is 5.91 Å². The molecule has 9 atom stereocenters. The Morgan fingerprint density at radius 2 is 1.90 bits per heavy atom. The predicted octanol–water partition coefficient (Wildman–Crippen LogP) is 6.24. The number of carbonyl (C=O) groups is 1. The maximum Gasteiger partial charge on any atom is 0.270 e. The van der Waals surface area contributed by atoms with Gasteiger partial charge in [-0.1, -0.05) is 20.3 Å². The second-order valence-corrected chi connectivity index (χ2v) is 11.7. The topological polar surface area (TPSA) is 42.0 Å². The second kappa shape index (κ2) is 8.15. The van der Waals surface area contributed by atoms with Crippen LogP contribution in [-0.2, 0) is 0 Å². The summed E-state index contributed by atoms with van der Waals surface area (Å²) in [5.74, 6) is 5.53. The molecule has 1 N–H and O–H groups in total. The monoisotopic (exact) mass is 426 g/mol. The molecule has 5 rings (SSSR count). The van der Waals surface area contributed by atoms with E-state index in [-0.39, 0.29) is 11.9 Å². The molecule has 3 nitrogen and oxygen atoms in total. The minimum atomic E-state index is -0.408. The van der Waals surface area contributed by atoms with Crippen molar-refractivity contribution in [3.05, 3.63) is 29.8 Å². The first-order valence-corrected chi connectivity index (χ1v) is 12.8. The molecule has 4 heteroatoms. The standard InChI is InChI=1S/C27H39FN2O/c1-16-4-7-20-18(14-16)5-8-22-21(20)12-13-27(3)23(9-10-24(22)27)17(2)30-26(31)25-11-6-19(28)15-29-25/h6,11,15-18,20-24H,4-5,7-10,12-14H2,1-3H3,(H,30,31)/t16-,17-,18+,20-,21?,22+,23?,24?,27+/m0/s1. The Morgan fingerprint density at radius 1 is 1.10 bits per heavy atom. The van der Waals surface area contributed by atoms with E-state index in [4.69, 9.17) is 0 Å².